The van der Waals surface area contributed by atoms with Gasteiger partial charge in [0.1, 0.15) is 11.9 Å². The second-order valence-electron chi connectivity index (χ2n) is 8.93. The maximum Gasteiger partial charge on any atom is 0.352 e. The van der Waals surface area contributed by atoms with Crippen molar-refractivity contribution in [3.05, 3.63) is 28.8 Å². The monoisotopic (exact) mass is 466 g/mol. The SMILES string of the molecule is C#CC#CC#CC#CC#CC#CC#CC#CC#COC(=O)c1cc(C(C)(C)C)c(O)c(C(C)(C)C)c1. The fraction of sp³-hybridized carbons (Fsp3) is 0.242. The number of hydrogen-bond donors (Lipinski definition) is 1. The zero-order chi connectivity index (χ0) is 27.0. The van der Waals surface area contributed by atoms with E-state index in [4.69, 9.17) is 11.2 Å². The van der Waals surface area contributed by atoms with Crippen molar-refractivity contribution in [3.8, 4) is 113 Å². The topological polar surface area (TPSA) is 46.5 Å². The molecule has 1 rings (SSSR count). The first-order valence-corrected chi connectivity index (χ1v) is 10.5. The van der Waals surface area contributed by atoms with E-state index < -0.39 is 5.97 Å². The summed E-state index contributed by atoms with van der Waals surface area (Å²) in [4.78, 5) is 12.5. The molecule has 0 aliphatic heterocycles. The molecule has 36 heavy (non-hydrogen) atoms. The molecule has 1 aromatic carbocycles. The summed E-state index contributed by atoms with van der Waals surface area (Å²) < 4.78 is 5.01. The van der Waals surface area contributed by atoms with Crippen molar-refractivity contribution in [1.29, 1.82) is 0 Å². The molecule has 3 nitrogen and oxygen atoms in total. The molecule has 0 unspecified atom stereocenters. The van der Waals surface area contributed by atoms with Gasteiger partial charge in [-0.2, -0.15) is 0 Å². The Balaban J connectivity index is 2.83. The van der Waals surface area contributed by atoms with Crippen molar-refractivity contribution in [2.75, 3.05) is 0 Å². The van der Waals surface area contributed by atoms with Crippen LogP contribution in [0.3, 0.4) is 0 Å². The van der Waals surface area contributed by atoms with Crippen molar-refractivity contribution >= 4 is 5.97 Å². The predicted molar refractivity (Wildman–Crippen MR) is 142 cm³/mol. The van der Waals surface area contributed by atoms with Crippen LogP contribution in [-0.2, 0) is 15.6 Å². The number of rotatable bonds is 1. The lowest BCUT2D eigenvalue weighted by Gasteiger charge is -2.27. The summed E-state index contributed by atoms with van der Waals surface area (Å²) in [5.74, 6) is 38.5. The molecule has 3 heteroatoms. The third-order valence-electron chi connectivity index (χ3n) is 4.10. The Morgan fingerprint density at radius 3 is 1.33 bits per heavy atom. The van der Waals surface area contributed by atoms with E-state index in [1.165, 1.54) is 0 Å². The molecule has 0 radical (unpaired) electrons. The van der Waals surface area contributed by atoms with Gasteiger partial charge >= 0.3 is 5.97 Å². The van der Waals surface area contributed by atoms with Crippen LogP contribution in [0.25, 0.3) is 0 Å². The summed E-state index contributed by atoms with van der Waals surface area (Å²) in [6.07, 6.45) is 7.19. The smallest absolute Gasteiger partial charge is 0.352 e. The van der Waals surface area contributed by atoms with Crippen molar-refractivity contribution in [1.82, 2.24) is 0 Å². The molecular formula is C33H22O3. The molecule has 1 aromatic rings. The van der Waals surface area contributed by atoms with Crippen LogP contribution < -0.4 is 0 Å². The van der Waals surface area contributed by atoms with Gasteiger partial charge < -0.3 is 9.84 Å². The van der Waals surface area contributed by atoms with Crippen LogP contribution in [-0.4, -0.2) is 11.1 Å². The molecule has 0 aromatic heterocycles. The van der Waals surface area contributed by atoms with Crippen LogP contribution in [0.2, 0.25) is 0 Å². The largest absolute Gasteiger partial charge is 0.507 e. The molecule has 0 atom stereocenters. The molecule has 172 valence electrons. The predicted octanol–water partition coefficient (Wildman–Crippen LogP) is 3.76. The highest BCUT2D eigenvalue weighted by atomic mass is 16.5. The van der Waals surface area contributed by atoms with Gasteiger partial charge in [-0.1, -0.05) is 41.5 Å². The quantitative estimate of drug-likeness (QED) is 0.507. The summed E-state index contributed by atoms with van der Waals surface area (Å²) >= 11 is 0. The first-order chi connectivity index (χ1) is 17.0. The average molecular weight is 467 g/mol. The number of esters is 1. The number of hydrogen-bond acceptors (Lipinski definition) is 3. The van der Waals surface area contributed by atoms with E-state index in [-0.39, 0.29) is 16.6 Å². The summed E-state index contributed by atoms with van der Waals surface area (Å²) in [7, 11) is 0. The Morgan fingerprint density at radius 2 is 1.00 bits per heavy atom. The zero-order valence-corrected chi connectivity index (χ0v) is 21.0. The van der Waals surface area contributed by atoms with Crippen LogP contribution >= 0.6 is 0 Å². The van der Waals surface area contributed by atoms with Crippen molar-refractivity contribution < 1.29 is 14.6 Å². The van der Waals surface area contributed by atoms with Crippen molar-refractivity contribution in [2.45, 2.75) is 52.4 Å². The normalized spacial score (nSPS) is 8.36. The van der Waals surface area contributed by atoms with Gasteiger partial charge in [0, 0.05) is 58.5 Å². The number of ether oxygens (including phenoxy) is 1. The standard InChI is InChI=1S/C33H22O3/c1-8-9-10-11-12-13-14-15-16-17-18-19-20-21-22-23-24-36-31(35)27-25-28(32(2,3)4)30(34)29(26-27)33(5,6)7/h1,25-26,34H,2-7H3. The second kappa shape index (κ2) is 13.9. The van der Waals surface area contributed by atoms with Gasteiger partial charge in [-0.15, -0.1) is 6.42 Å². The molecule has 0 amide bonds. The van der Waals surface area contributed by atoms with E-state index in [0.717, 1.165) is 0 Å². The highest BCUT2D eigenvalue weighted by Crippen LogP contribution is 2.39. The minimum absolute atomic E-state index is 0.181. The Morgan fingerprint density at radius 1 is 0.667 bits per heavy atom. The second-order valence-corrected chi connectivity index (χ2v) is 8.93. The zero-order valence-electron chi connectivity index (χ0n) is 21.0. The van der Waals surface area contributed by atoms with Crippen LogP contribution in [0.4, 0.5) is 0 Å². The number of phenolic OH excluding ortho intramolecular Hbond substituents is 1. The molecule has 0 aliphatic carbocycles. The molecule has 1 N–H and O–H groups in total. The molecule has 0 bridgehead atoms. The average Bonchev–Trinajstić information content (AvgIpc) is 2.79. The van der Waals surface area contributed by atoms with E-state index in [0.29, 0.717) is 16.7 Å². The maximum atomic E-state index is 12.5. The minimum Gasteiger partial charge on any atom is -0.507 e. The molecule has 0 aliphatic rings. The lowest BCUT2D eigenvalue weighted by atomic mass is 9.78. The molecular weight excluding hydrogens is 444 g/mol. The first kappa shape index (κ1) is 28.6. The van der Waals surface area contributed by atoms with Crippen LogP contribution in [0, 0.1) is 107 Å². The summed E-state index contributed by atoms with van der Waals surface area (Å²) in [5.41, 5.74) is 0.871. The van der Waals surface area contributed by atoms with E-state index in [1.807, 2.05) is 41.5 Å². The summed E-state index contributed by atoms with van der Waals surface area (Å²) in [5, 5.41) is 10.8. The van der Waals surface area contributed by atoms with Crippen LogP contribution in [0.1, 0.15) is 63.0 Å². The maximum absolute atomic E-state index is 12.5. The molecule has 0 saturated heterocycles. The molecule has 0 spiro atoms. The summed E-state index contributed by atoms with van der Waals surface area (Å²) in [6, 6.07) is 3.25. The molecule has 0 heterocycles. The van der Waals surface area contributed by atoms with Crippen LogP contribution in [0.15, 0.2) is 12.1 Å². The van der Waals surface area contributed by atoms with E-state index in [1.54, 1.807) is 12.1 Å². The number of aromatic hydroxyl groups is 1. The van der Waals surface area contributed by atoms with Gasteiger partial charge in [-0.25, -0.2) is 4.79 Å². The van der Waals surface area contributed by atoms with E-state index in [9.17, 15) is 9.90 Å². The fourth-order valence-corrected chi connectivity index (χ4v) is 2.49. The highest BCUT2D eigenvalue weighted by Gasteiger charge is 2.28. The van der Waals surface area contributed by atoms with Gasteiger partial charge in [0.2, 0.25) is 0 Å². The van der Waals surface area contributed by atoms with Crippen LogP contribution in [0.5, 0.6) is 5.75 Å². The number of carbonyl (C=O) groups is 1. The number of benzene rings is 1. The highest BCUT2D eigenvalue weighted by molar-refractivity contribution is 5.91. The lowest BCUT2D eigenvalue weighted by Crippen LogP contribution is -2.19. The van der Waals surface area contributed by atoms with E-state index in [2.05, 4.69) is 101 Å². The van der Waals surface area contributed by atoms with Gasteiger partial charge in [0.15, 0.2) is 0 Å². The third kappa shape index (κ3) is 10.4. The van der Waals surface area contributed by atoms with Crippen molar-refractivity contribution in [2.24, 2.45) is 0 Å². The van der Waals surface area contributed by atoms with Crippen molar-refractivity contribution in [3.63, 3.8) is 0 Å². The van der Waals surface area contributed by atoms with E-state index >= 15 is 0 Å². The lowest BCUT2D eigenvalue weighted by molar-refractivity contribution is 0.0690. The molecule has 0 fully saturated rings. The summed E-state index contributed by atoms with van der Waals surface area (Å²) in [6.45, 7) is 11.8. The Bertz CT molecular complexity index is 1550. The molecule has 0 saturated carbocycles. The Labute approximate surface area is 214 Å². The van der Waals surface area contributed by atoms with Gasteiger partial charge in [0.05, 0.1) is 5.56 Å². The fourth-order valence-electron chi connectivity index (χ4n) is 2.49. The van der Waals surface area contributed by atoms with Gasteiger partial charge in [-0.3, -0.25) is 0 Å². The number of phenols is 1. The Hall–Kier alpha value is -5.47. The van der Waals surface area contributed by atoms with Gasteiger partial charge in [-0.05, 0) is 70.3 Å². The first-order valence-electron chi connectivity index (χ1n) is 10.5. The minimum atomic E-state index is -0.634. The number of terminal acetylenes is 1. The third-order valence-corrected chi connectivity index (χ3v) is 4.10. The van der Waals surface area contributed by atoms with Gasteiger partial charge in [0.25, 0.3) is 0 Å². The Kier molecular flexibility index (Phi) is 11.1. The number of carbonyl (C=O) groups excluding carboxylic acids is 1.